The van der Waals surface area contributed by atoms with E-state index in [1.54, 1.807) is 41.3 Å². The molecule has 2 fully saturated rings. The lowest BCUT2D eigenvalue weighted by atomic mass is 10.2. The quantitative estimate of drug-likeness (QED) is 0.687. The monoisotopic (exact) mass is 442 g/mol. The van der Waals surface area contributed by atoms with Crippen molar-refractivity contribution in [2.24, 2.45) is 0 Å². The van der Waals surface area contributed by atoms with Gasteiger partial charge >= 0.3 is 0 Å². The fraction of sp³-hybridized carbons (Fsp3) is 0.364. The molecule has 0 saturated carbocycles. The molecule has 2 aromatic carbocycles. The van der Waals surface area contributed by atoms with Crippen molar-refractivity contribution in [2.75, 3.05) is 41.7 Å². The highest BCUT2D eigenvalue weighted by molar-refractivity contribution is 7.89. The maximum absolute atomic E-state index is 12.7. The Hall–Kier alpha value is -2.91. The van der Waals surface area contributed by atoms with E-state index in [4.69, 9.17) is 0 Å². The molecule has 8 nitrogen and oxygen atoms in total. The fourth-order valence-electron chi connectivity index (χ4n) is 3.88. The number of benzene rings is 2. The normalized spacial score (nSPS) is 17.2. The summed E-state index contributed by atoms with van der Waals surface area (Å²) in [6.07, 6.45) is 3.20. The van der Waals surface area contributed by atoms with Crippen LogP contribution in [0.25, 0.3) is 0 Å². The molecule has 0 aromatic heterocycles. The summed E-state index contributed by atoms with van der Waals surface area (Å²) < 4.78 is 26.9. The van der Waals surface area contributed by atoms with Gasteiger partial charge in [-0.15, -0.1) is 0 Å². The fourth-order valence-corrected chi connectivity index (χ4v) is 5.44. The number of sulfonamides is 1. The van der Waals surface area contributed by atoms with E-state index in [0.29, 0.717) is 30.9 Å². The minimum Gasteiger partial charge on any atom is -0.376 e. The van der Waals surface area contributed by atoms with E-state index in [0.717, 1.165) is 31.5 Å². The van der Waals surface area contributed by atoms with Crippen molar-refractivity contribution in [3.63, 3.8) is 0 Å². The Kier molecular flexibility index (Phi) is 6.24. The third-order valence-corrected chi connectivity index (χ3v) is 7.42. The molecule has 0 radical (unpaired) electrons. The summed E-state index contributed by atoms with van der Waals surface area (Å²) >= 11 is 0. The Morgan fingerprint density at radius 1 is 0.935 bits per heavy atom. The highest BCUT2D eigenvalue weighted by atomic mass is 32.2. The molecule has 0 spiro atoms. The molecule has 2 aliphatic rings. The van der Waals surface area contributed by atoms with Crippen LogP contribution in [0, 0.1) is 0 Å². The topological polar surface area (TPSA) is 98.8 Å². The van der Waals surface area contributed by atoms with Crippen LogP contribution < -0.4 is 15.5 Å². The van der Waals surface area contributed by atoms with Gasteiger partial charge < -0.3 is 15.5 Å². The van der Waals surface area contributed by atoms with Crippen LogP contribution in [0.3, 0.4) is 0 Å². The van der Waals surface area contributed by atoms with Gasteiger partial charge in [-0.1, -0.05) is 6.07 Å². The first-order chi connectivity index (χ1) is 14.9. The van der Waals surface area contributed by atoms with Gasteiger partial charge in [0.05, 0.1) is 11.4 Å². The first-order valence-corrected chi connectivity index (χ1v) is 11.9. The predicted octanol–water partition coefficient (Wildman–Crippen LogP) is 2.65. The SMILES string of the molecule is O=C(CNc1cccc(S(=O)(=O)N2CCCC2)c1)Nc1ccc(N2CCCC2=O)cc1. The summed E-state index contributed by atoms with van der Waals surface area (Å²) in [6.45, 7) is 1.82. The summed E-state index contributed by atoms with van der Waals surface area (Å²) in [6, 6.07) is 13.7. The Labute approximate surface area is 182 Å². The number of hydrogen-bond donors (Lipinski definition) is 2. The highest BCUT2D eigenvalue weighted by Gasteiger charge is 2.27. The second-order valence-electron chi connectivity index (χ2n) is 7.74. The first kappa shape index (κ1) is 21.3. The van der Waals surface area contributed by atoms with Crippen molar-refractivity contribution in [3.8, 4) is 0 Å². The Bertz CT molecular complexity index is 1060. The van der Waals surface area contributed by atoms with Crippen LogP contribution in [0.15, 0.2) is 53.4 Å². The zero-order valence-electron chi connectivity index (χ0n) is 17.2. The second kappa shape index (κ2) is 9.07. The summed E-state index contributed by atoms with van der Waals surface area (Å²) in [7, 11) is -3.50. The zero-order chi connectivity index (χ0) is 21.8. The van der Waals surface area contributed by atoms with Crippen LogP contribution in [0.2, 0.25) is 0 Å². The van der Waals surface area contributed by atoms with Crippen molar-refractivity contribution in [2.45, 2.75) is 30.6 Å². The van der Waals surface area contributed by atoms with Gasteiger partial charge in [-0.2, -0.15) is 4.31 Å². The van der Waals surface area contributed by atoms with Gasteiger partial charge in [0, 0.05) is 43.1 Å². The summed E-state index contributed by atoms with van der Waals surface area (Å²) in [5, 5.41) is 5.78. The summed E-state index contributed by atoms with van der Waals surface area (Å²) in [5.74, 6) is -0.132. The molecular weight excluding hydrogens is 416 g/mol. The molecule has 9 heteroatoms. The average molecular weight is 443 g/mol. The molecule has 164 valence electrons. The maximum atomic E-state index is 12.7. The number of carbonyl (C=O) groups is 2. The smallest absolute Gasteiger partial charge is 0.243 e. The van der Waals surface area contributed by atoms with Crippen LogP contribution in [0.1, 0.15) is 25.7 Å². The van der Waals surface area contributed by atoms with Crippen molar-refractivity contribution < 1.29 is 18.0 Å². The van der Waals surface area contributed by atoms with Crippen molar-refractivity contribution in [3.05, 3.63) is 48.5 Å². The molecular formula is C22H26N4O4S. The molecule has 2 heterocycles. The third kappa shape index (κ3) is 4.88. The van der Waals surface area contributed by atoms with E-state index in [1.807, 2.05) is 12.1 Å². The Morgan fingerprint density at radius 3 is 2.35 bits per heavy atom. The minimum absolute atomic E-state index is 0.000419. The Morgan fingerprint density at radius 2 is 1.68 bits per heavy atom. The van der Waals surface area contributed by atoms with Gasteiger partial charge in [0.25, 0.3) is 0 Å². The maximum Gasteiger partial charge on any atom is 0.243 e. The van der Waals surface area contributed by atoms with Gasteiger partial charge in [0.15, 0.2) is 0 Å². The molecule has 2 saturated heterocycles. The molecule has 4 rings (SSSR count). The van der Waals surface area contributed by atoms with Crippen molar-refractivity contribution >= 4 is 38.9 Å². The van der Waals surface area contributed by atoms with Gasteiger partial charge in [-0.3, -0.25) is 9.59 Å². The Balaban J connectivity index is 1.33. The van der Waals surface area contributed by atoms with E-state index in [-0.39, 0.29) is 23.3 Å². The second-order valence-corrected chi connectivity index (χ2v) is 9.67. The number of rotatable bonds is 7. The van der Waals surface area contributed by atoms with Crippen LogP contribution in [0.4, 0.5) is 17.1 Å². The van der Waals surface area contributed by atoms with E-state index in [9.17, 15) is 18.0 Å². The van der Waals surface area contributed by atoms with Gasteiger partial charge in [-0.05, 0) is 61.7 Å². The molecule has 0 aliphatic carbocycles. The summed E-state index contributed by atoms with van der Waals surface area (Å²) in [5.41, 5.74) is 2.03. The van der Waals surface area contributed by atoms with E-state index in [1.165, 1.54) is 4.31 Å². The van der Waals surface area contributed by atoms with Crippen LogP contribution in [-0.4, -0.2) is 50.7 Å². The number of nitrogens with zero attached hydrogens (tertiary/aromatic N) is 2. The number of anilines is 3. The summed E-state index contributed by atoms with van der Waals surface area (Å²) in [4.78, 5) is 26.1. The average Bonchev–Trinajstić information content (AvgIpc) is 3.46. The lowest BCUT2D eigenvalue weighted by Gasteiger charge is -2.17. The number of carbonyl (C=O) groups excluding carboxylic acids is 2. The zero-order valence-corrected chi connectivity index (χ0v) is 18.0. The highest BCUT2D eigenvalue weighted by Crippen LogP contribution is 2.24. The van der Waals surface area contributed by atoms with Crippen molar-refractivity contribution in [1.29, 1.82) is 0 Å². The number of hydrogen-bond acceptors (Lipinski definition) is 5. The van der Waals surface area contributed by atoms with Gasteiger partial charge in [-0.25, -0.2) is 8.42 Å². The first-order valence-electron chi connectivity index (χ1n) is 10.5. The lowest BCUT2D eigenvalue weighted by Crippen LogP contribution is -2.28. The standard InChI is InChI=1S/C22H26N4O4S/c27-21(24-17-8-10-19(11-9-17)26-14-4-7-22(26)28)16-23-18-5-3-6-20(15-18)31(29,30)25-12-1-2-13-25/h3,5-6,8-11,15,23H,1-2,4,7,12-14,16H2,(H,24,27). The number of amides is 2. The molecule has 2 aliphatic heterocycles. The van der Waals surface area contributed by atoms with Gasteiger partial charge in [0.2, 0.25) is 21.8 Å². The molecule has 0 bridgehead atoms. The van der Waals surface area contributed by atoms with Crippen LogP contribution in [-0.2, 0) is 19.6 Å². The molecule has 2 aromatic rings. The van der Waals surface area contributed by atoms with Crippen LogP contribution >= 0.6 is 0 Å². The predicted molar refractivity (Wildman–Crippen MR) is 120 cm³/mol. The van der Waals surface area contributed by atoms with Crippen LogP contribution in [0.5, 0.6) is 0 Å². The third-order valence-electron chi connectivity index (χ3n) is 5.53. The lowest BCUT2D eigenvalue weighted by molar-refractivity contribution is -0.117. The van der Waals surface area contributed by atoms with E-state index < -0.39 is 10.0 Å². The molecule has 2 amide bonds. The largest absolute Gasteiger partial charge is 0.376 e. The molecule has 0 atom stereocenters. The molecule has 2 N–H and O–H groups in total. The molecule has 0 unspecified atom stereocenters. The van der Waals surface area contributed by atoms with E-state index >= 15 is 0 Å². The van der Waals surface area contributed by atoms with E-state index in [2.05, 4.69) is 10.6 Å². The number of nitrogens with one attached hydrogen (secondary N) is 2. The minimum atomic E-state index is -3.50. The van der Waals surface area contributed by atoms with Gasteiger partial charge in [0.1, 0.15) is 0 Å². The van der Waals surface area contributed by atoms with Crippen molar-refractivity contribution in [1.82, 2.24) is 4.31 Å². The molecule has 31 heavy (non-hydrogen) atoms.